The van der Waals surface area contributed by atoms with E-state index in [1.54, 1.807) is 11.1 Å². The largest absolute Gasteiger partial charge is 0.366 e. The van der Waals surface area contributed by atoms with E-state index < -0.39 is 0 Å². The van der Waals surface area contributed by atoms with Crippen molar-refractivity contribution in [1.29, 1.82) is 0 Å². The lowest BCUT2D eigenvalue weighted by atomic mass is 9.44. The van der Waals surface area contributed by atoms with Crippen molar-refractivity contribution in [1.82, 2.24) is 0 Å². The average Bonchev–Trinajstić information content (AvgIpc) is 3.06. The molecule has 0 N–H and O–H groups in total. The first kappa shape index (κ1) is 25.1. The number of hydrogen-bond donors (Lipinski definition) is 0. The van der Waals surface area contributed by atoms with Crippen molar-refractivity contribution in [3.63, 3.8) is 0 Å². The van der Waals surface area contributed by atoms with Crippen LogP contribution in [0, 0.1) is 44.8 Å². The van der Waals surface area contributed by atoms with E-state index in [2.05, 4.69) is 66.3 Å². The molecule has 0 spiro atoms. The van der Waals surface area contributed by atoms with E-state index >= 15 is 0 Å². The fraction of sp³-hybridized carbons (Fsp3) is 0.867. The zero-order chi connectivity index (χ0) is 24.2. The van der Waals surface area contributed by atoms with Crippen LogP contribution in [-0.4, -0.2) is 18.2 Å². The Morgan fingerprint density at radius 2 is 1.79 bits per heavy atom. The topological polar surface area (TPSA) is 38.7 Å². The van der Waals surface area contributed by atoms with Crippen molar-refractivity contribution in [2.75, 3.05) is 6.61 Å². The van der Waals surface area contributed by atoms with E-state index in [0.29, 0.717) is 17.8 Å². The lowest BCUT2D eigenvalue weighted by Gasteiger charge is -2.61. The lowest BCUT2D eigenvalue weighted by Crippen LogP contribution is -2.57. The van der Waals surface area contributed by atoms with Gasteiger partial charge >= 0.3 is 0 Å². The molecule has 186 valence electrons. The van der Waals surface area contributed by atoms with Crippen molar-refractivity contribution in [2.24, 2.45) is 45.1 Å². The van der Waals surface area contributed by atoms with Crippen molar-refractivity contribution in [3.05, 3.63) is 28.7 Å². The van der Waals surface area contributed by atoms with Gasteiger partial charge < -0.3 is 4.74 Å². The van der Waals surface area contributed by atoms with Gasteiger partial charge in [0.15, 0.2) is 0 Å². The van der Waals surface area contributed by atoms with Crippen LogP contribution in [0.3, 0.4) is 0 Å². The Hall–Kier alpha value is -0.960. The molecule has 0 radical (unpaired) electrons. The molecule has 3 nitrogen and oxygen atoms in total. The van der Waals surface area contributed by atoms with Gasteiger partial charge in [0.1, 0.15) is 5.60 Å². The number of allylic oxidation sites excluding steroid dienone is 1. The van der Waals surface area contributed by atoms with Crippen LogP contribution in [0.5, 0.6) is 0 Å². The Labute approximate surface area is 203 Å². The fourth-order valence-electron chi connectivity index (χ4n) is 9.20. The number of ether oxygens (including phenoxy) is 1. The summed E-state index contributed by atoms with van der Waals surface area (Å²) < 4.78 is 6.90. The summed E-state index contributed by atoms with van der Waals surface area (Å²) in [5.41, 5.74) is 3.15. The van der Waals surface area contributed by atoms with Gasteiger partial charge in [-0.25, -0.2) is 0 Å². The van der Waals surface area contributed by atoms with Crippen LogP contribution in [0.4, 0.5) is 0 Å². The third-order valence-corrected chi connectivity index (χ3v) is 11.2. The molecule has 4 aliphatic rings. The quantitative estimate of drug-likeness (QED) is 0.285. The summed E-state index contributed by atoms with van der Waals surface area (Å²) in [4.78, 5) is 11.6. The minimum Gasteiger partial charge on any atom is -0.366 e. The van der Waals surface area contributed by atoms with Gasteiger partial charge in [-0.2, -0.15) is 4.91 Å². The average molecular weight is 456 g/mol. The third kappa shape index (κ3) is 3.54. The molecule has 0 aromatic heterocycles. The Morgan fingerprint density at radius 3 is 2.42 bits per heavy atom. The second-order valence-electron chi connectivity index (χ2n) is 13.5. The Bertz CT molecular complexity index is 812. The zero-order valence-corrected chi connectivity index (χ0v) is 22.5. The maximum absolute atomic E-state index is 11.6. The fourth-order valence-corrected chi connectivity index (χ4v) is 9.20. The normalized spacial score (nSPS) is 43.0. The molecule has 3 heteroatoms. The van der Waals surface area contributed by atoms with Gasteiger partial charge in [0.05, 0.1) is 12.6 Å². The van der Waals surface area contributed by atoms with Crippen LogP contribution in [0.1, 0.15) is 106 Å². The minimum absolute atomic E-state index is 0.0423. The first-order chi connectivity index (χ1) is 15.5. The minimum atomic E-state index is -0.310. The molecule has 33 heavy (non-hydrogen) atoms. The van der Waals surface area contributed by atoms with Crippen molar-refractivity contribution >= 4 is 0 Å². The first-order valence-corrected chi connectivity index (χ1v) is 13.8. The van der Waals surface area contributed by atoms with Crippen LogP contribution in [0.2, 0.25) is 0 Å². The summed E-state index contributed by atoms with van der Waals surface area (Å²) in [5.74, 6) is 2.57. The molecule has 0 aromatic carbocycles. The molecule has 7 atom stereocenters. The number of hydrogen-bond acceptors (Lipinski definition) is 3. The molecule has 1 saturated heterocycles. The van der Waals surface area contributed by atoms with Gasteiger partial charge in [-0.1, -0.05) is 91.1 Å². The second-order valence-corrected chi connectivity index (χ2v) is 13.5. The van der Waals surface area contributed by atoms with E-state index in [9.17, 15) is 4.91 Å². The number of fused-ring (bicyclic) bond motifs is 4. The van der Waals surface area contributed by atoms with E-state index in [0.717, 1.165) is 38.2 Å². The van der Waals surface area contributed by atoms with E-state index in [-0.39, 0.29) is 27.9 Å². The summed E-state index contributed by atoms with van der Waals surface area (Å²) in [6, 6.07) is -0.0567. The van der Waals surface area contributed by atoms with Gasteiger partial charge in [-0.05, 0) is 78.6 Å². The highest BCUT2D eigenvalue weighted by Crippen LogP contribution is 2.69. The predicted octanol–water partition coefficient (Wildman–Crippen LogP) is 8.49. The van der Waals surface area contributed by atoms with Crippen LogP contribution < -0.4 is 0 Å². The lowest BCUT2D eigenvalue weighted by molar-refractivity contribution is -0.0452. The molecule has 0 aromatic rings. The zero-order valence-electron chi connectivity index (χ0n) is 22.5. The number of nitroso groups, excluding NO2 is 1. The molecule has 1 saturated carbocycles. The standard InChI is InChI=1S/C30H49NO2/c1-9-30-23-13-14-25-27(5,6)26(31-32)16-17-28(25,7)22(23)15-18-29(30,8)24(19-33-30)21(4)12-10-11-20(2)3/h9,20-21,24-26H,1,10-19H2,2-8H3. The van der Waals surface area contributed by atoms with Gasteiger partial charge in [-0.3, -0.25) is 0 Å². The van der Waals surface area contributed by atoms with Crippen molar-refractivity contribution in [3.8, 4) is 0 Å². The predicted molar refractivity (Wildman–Crippen MR) is 138 cm³/mol. The van der Waals surface area contributed by atoms with Crippen LogP contribution in [-0.2, 0) is 4.74 Å². The van der Waals surface area contributed by atoms with Crippen LogP contribution in [0.25, 0.3) is 0 Å². The summed E-state index contributed by atoms with van der Waals surface area (Å²) in [6.07, 6.45) is 12.7. The molecule has 4 rings (SSSR count). The van der Waals surface area contributed by atoms with Crippen molar-refractivity contribution in [2.45, 2.75) is 118 Å². The Kier molecular flexibility index (Phi) is 6.56. The molecule has 1 heterocycles. The molecule has 3 aliphatic carbocycles. The maximum Gasteiger partial charge on any atom is 0.113 e. The molecule has 2 fully saturated rings. The van der Waals surface area contributed by atoms with E-state index in [4.69, 9.17) is 4.74 Å². The highest BCUT2D eigenvalue weighted by Gasteiger charge is 2.65. The van der Waals surface area contributed by atoms with E-state index in [1.165, 1.54) is 32.1 Å². The number of nitrogens with zero attached hydrogens (tertiary/aromatic N) is 1. The van der Waals surface area contributed by atoms with Crippen LogP contribution >= 0.6 is 0 Å². The molecule has 0 bridgehead atoms. The van der Waals surface area contributed by atoms with Crippen molar-refractivity contribution < 1.29 is 4.74 Å². The SMILES string of the molecule is C=CC12OCC(C(C)CCCC(C)C)C1(C)CCC1=C2CCC2C1(C)CCC(N=O)C2(C)C. The molecule has 7 unspecified atom stereocenters. The van der Waals surface area contributed by atoms with E-state index in [1.807, 2.05) is 0 Å². The Balaban J connectivity index is 1.68. The third-order valence-electron chi connectivity index (χ3n) is 11.2. The highest BCUT2D eigenvalue weighted by atomic mass is 16.5. The summed E-state index contributed by atoms with van der Waals surface area (Å²) in [6.45, 7) is 22.0. The van der Waals surface area contributed by atoms with Gasteiger partial charge in [0.2, 0.25) is 0 Å². The summed E-state index contributed by atoms with van der Waals surface area (Å²) >= 11 is 0. The highest BCUT2D eigenvalue weighted by molar-refractivity contribution is 5.44. The molecule has 1 aliphatic heterocycles. The smallest absolute Gasteiger partial charge is 0.113 e. The van der Waals surface area contributed by atoms with Gasteiger partial charge in [-0.15, -0.1) is 0 Å². The van der Waals surface area contributed by atoms with Gasteiger partial charge in [0, 0.05) is 5.41 Å². The first-order valence-electron chi connectivity index (χ1n) is 13.8. The molecular weight excluding hydrogens is 406 g/mol. The monoisotopic (exact) mass is 455 g/mol. The van der Waals surface area contributed by atoms with Crippen LogP contribution in [0.15, 0.2) is 29.0 Å². The number of rotatable bonds is 7. The molecule has 0 amide bonds. The second kappa shape index (κ2) is 8.61. The molecular formula is C30H49NO2. The maximum atomic E-state index is 11.6. The Morgan fingerprint density at radius 1 is 1.06 bits per heavy atom. The summed E-state index contributed by atoms with van der Waals surface area (Å²) in [7, 11) is 0. The summed E-state index contributed by atoms with van der Waals surface area (Å²) in [5, 5.41) is 3.58. The van der Waals surface area contributed by atoms with Gasteiger partial charge in [0.25, 0.3) is 0 Å².